The van der Waals surface area contributed by atoms with Crippen LogP contribution in [0.5, 0.6) is 5.75 Å². The van der Waals surface area contributed by atoms with Gasteiger partial charge in [0.25, 0.3) is 0 Å². The summed E-state index contributed by atoms with van der Waals surface area (Å²) in [5.74, 6) is 0.410. The second-order valence-electron chi connectivity index (χ2n) is 2.81. The SMILES string of the molecule is O=Cc1ccccc1O.O=Cc1ccco1. The van der Waals surface area contributed by atoms with Crippen LogP contribution in [0, 0.1) is 0 Å². The molecule has 1 N–H and O–H groups in total. The third-order valence-corrected chi connectivity index (χ3v) is 1.72. The van der Waals surface area contributed by atoms with Crippen LogP contribution in [0.4, 0.5) is 0 Å². The fourth-order valence-electron chi connectivity index (χ4n) is 0.946. The van der Waals surface area contributed by atoms with Crippen LogP contribution in [-0.2, 0) is 0 Å². The molecule has 16 heavy (non-hydrogen) atoms. The molecule has 0 atom stereocenters. The number of hydrogen-bond donors (Lipinski definition) is 1. The minimum atomic E-state index is 0.0347. The van der Waals surface area contributed by atoms with Gasteiger partial charge in [-0.15, -0.1) is 0 Å². The van der Waals surface area contributed by atoms with E-state index in [2.05, 4.69) is 4.42 Å². The van der Waals surface area contributed by atoms with Gasteiger partial charge < -0.3 is 9.52 Å². The van der Waals surface area contributed by atoms with Gasteiger partial charge in [-0.2, -0.15) is 0 Å². The highest BCUT2D eigenvalue weighted by Gasteiger charge is 1.93. The molecule has 82 valence electrons. The Hall–Kier alpha value is -2.36. The molecule has 0 bridgehead atoms. The first-order valence-corrected chi connectivity index (χ1v) is 4.49. The first-order chi connectivity index (χ1) is 7.77. The Kier molecular flexibility index (Phi) is 4.53. The Bertz CT molecular complexity index is 446. The molecule has 0 unspecified atom stereocenters. The van der Waals surface area contributed by atoms with Gasteiger partial charge in [-0.3, -0.25) is 9.59 Å². The van der Waals surface area contributed by atoms with Crippen LogP contribution in [0.3, 0.4) is 0 Å². The van der Waals surface area contributed by atoms with Crippen molar-refractivity contribution in [3.8, 4) is 5.75 Å². The first kappa shape index (κ1) is 11.7. The van der Waals surface area contributed by atoms with Crippen LogP contribution in [0.1, 0.15) is 20.9 Å². The van der Waals surface area contributed by atoms with E-state index in [-0.39, 0.29) is 5.75 Å². The second kappa shape index (κ2) is 6.19. The van der Waals surface area contributed by atoms with Gasteiger partial charge >= 0.3 is 0 Å². The van der Waals surface area contributed by atoms with Crippen molar-refractivity contribution in [3.63, 3.8) is 0 Å². The van der Waals surface area contributed by atoms with E-state index in [1.54, 1.807) is 30.3 Å². The number of furan rings is 1. The molecule has 0 saturated heterocycles. The molecule has 2 aromatic rings. The van der Waals surface area contributed by atoms with Gasteiger partial charge in [0.2, 0.25) is 0 Å². The number of benzene rings is 1. The third-order valence-electron chi connectivity index (χ3n) is 1.72. The fraction of sp³-hybridized carbons (Fsp3) is 0. The van der Waals surface area contributed by atoms with Gasteiger partial charge in [0.1, 0.15) is 5.75 Å². The van der Waals surface area contributed by atoms with Gasteiger partial charge in [-0.25, -0.2) is 0 Å². The molecule has 0 aliphatic carbocycles. The fourth-order valence-corrected chi connectivity index (χ4v) is 0.946. The molecule has 0 saturated carbocycles. The number of rotatable bonds is 2. The quantitative estimate of drug-likeness (QED) is 0.785. The van der Waals surface area contributed by atoms with Crippen molar-refractivity contribution in [1.29, 1.82) is 0 Å². The van der Waals surface area contributed by atoms with Crippen LogP contribution in [0.15, 0.2) is 47.1 Å². The third kappa shape index (κ3) is 3.42. The van der Waals surface area contributed by atoms with Gasteiger partial charge in [-0.1, -0.05) is 12.1 Å². The molecule has 4 nitrogen and oxygen atoms in total. The van der Waals surface area contributed by atoms with Crippen molar-refractivity contribution in [3.05, 3.63) is 54.0 Å². The standard InChI is InChI=1S/C7H6O2.C5H4O2/c8-5-6-3-1-2-4-7(6)9;6-4-5-2-1-3-7-5/h1-5,9H;1-4H. The topological polar surface area (TPSA) is 67.5 Å². The van der Waals surface area contributed by atoms with Crippen molar-refractivity contribution < 1.29 is 19.1 Å². The highest BCUT2D eigenvalue weighted by Crippen LogP contribution is 2.11. The summed E-state index contributed by atoms with van der Waals surface area (Å²) in [7, 11) is 0. The Morgan fingerprint density at radius 1 is 1.00 bits per heavy atom. The molecule has 0 spiro atoms. The summed E-state index contributed by atoms with van der Waals surface area (Å²) in [6.45, 7) is 0. The zero-order valence-corrected chi connectivity index (χ0v) is 8.37. The number of carbonyl (C=O) groups excluding carboxylic acids is 2. The summed E-state index contributed by atoms with van der Waals surface area (Å²) in [6, 6.07) is 9.68. The van der Waals surface area contributed by atoms with Crippen LogP contribution < -0.4 is 0 Å². The molecule has 1 aromatic carbocycles. The number of phenols is 1. The molecule has 0 radical (unpaired) electrons. The van der Waals surface area contributed by atoms with E-state index in [1.807, 2.05) is 0 Å². The largest absolute Gasteiger partial charge is 0.507 e. The number of aromatic hydroxyl groups is 1. The summed E-state index contributed by atoms with van der Waals surface area (Å²) >= 11 is 0. The number of aldehydes is 2. The molecule has 0 fully saturated rings. The number of carbonyl (C=O) groups is 2. The Balaban J connectivity index is 0.000000165. The van der Waals surface area contributed by atoms with E-state index in [4.69, 9.17) is 5.11 Å². The van der Waals surface area contributed by atoms with Gasteiger partial charge in [0.15, 0.2) is 18.3 Å². The van der Waals surface area contributed by atoms with Crippen LogP contribution in [0.2, 0.25) is 0 Å². The minimum absolute atomic E-state index is 0.0347. The summed E-state index contributed by atoms with van der Waals surface area (Å²) in [6.07, 6.45) is 2.75. The molecular formula is C12H10O4. The highest BCUT2D eigenvalue weighted by atomic mass is 16.3. The lowest BCUT2D eigenvalue weighted by Crippen LogP contribution is -1.77. The van der Waals surface area contributed by atoms with E-state index in [0.29, 0.717) is 23.9 Å². The monoisotopic (exact) mass is 218 g/mol. The van der Waals surface area contributed by atoms with Crippen LogP contribution in [-0.4, -0.2) is 17.7 Å². The zero-order valence-electron chi connectivity index (χ0n) is 8.37. The molecule has 0 aliphatic rings. The van der Waals surface area contributed by atoms with Gasteiger partial charge in [0.05, 0.1) is 11.8 Å². The maximum Gasteiger partial charge on any atom is 0.185 e. The molecule has 0 amide bonds. The minimum Gasteiger partial charge on any atom is -0.507 e. The molecule has 1 heterocycles. The predicted molar refractivity (Wildman–Crippen MR) is 57.6 cm³/mol. The second-order valence-corrected chi connectivity index (χ2v) is 2.81. The average molecular weight is 218 g/mol. The van der Waals surface area contributed by atoms with Crippen molar-refractivity contribution in [1.82, 2.24) is 0 Å². The lowest BCUT2D eigenvalue weighted by atomic mass is 10.2. The average Bonchev–Trinajstić information content (AvgIpc) is 2.83. The lowest BCUT2D eigenvalue weighted by Gasteiger charge is -1.91. The Labute approximate surface area is 92.1 Å². The Morgan fingerprint density at radius 3 is 2.12 bits per heavy atom. The number of phenolic OH excluding ortho intramolecular Hbond substituents is 1. The summed E-state index contributed by atoms with van der Waals surface area (Å²) in [4.78, 5) is 19.8. The van der Waals surface area contributed by atoms with Crippen molar-refractivity contribution in [2.45, 2.75) is 0 Å². The van der Waals surface area contributed by atoms with Crippen molar-refractivity contribution in [2.24, 2.45) is 0 Å². The maximum atomic E-state index is 10.1. The molecule has 0 aliphatic heterocycles. The van der Waals surface area contributed by atoms with Gasteiger partial charge in [-0.05, 0) is 24.3 Å². The summed E-state index contributed by atoms with van der Waals surface area (Å²) < 4.78 is 4.61. The van der Waals surface area contributed by atoms with E-state index >= 15 is 0 Å². The lowest BCUT2D eigenvalue weighted by molar-refractivity contribution is 0.109. The Morgan fingerprint density at radius 2 is 1.75 bits per heavy atom. The smallest absolute Gasteiger partial charge is 0.185 e. The number of para-hydroxylation sites is 1. The number of hydrogen-bond acceptors (Lipinski definition) is 4. The molecule has 1 aromatic heterocycles. The van der Waals surface area contributed by atoms with E-state index in [0.717, 1.165) is 0 Å². The van der Waals surface area contributed by atoms with Crippen LogP contribution in [0.25, 0.3) is 0 Å². The van der Waals surface area contributed by atoms with E-state index in [1.165, 1.54) is 12.3 Å². The first-order valence-electron chi connectivity index (χ1n) is 4.49. The van der Waals surface area contributed by atoms with Crippen LogP contribution >= 0.6 is 0 Å². The maximum absolute atomic E-state index is 10.1. The van der Waals surface area contributed by atoms with E-state index < -0.39 is 0 Å². The van der Waals surface area contributed by atoms with Crippen molar-refractivity contribution in [2.75, 3.05) is 0 Å². The normalized spacial score (nSPS) is 8.75. The molecule has 2 rings (SSSR count). The molecule has 4 heteroatoms. The zero-order chi connectivity index (χ0) is 11.8. The molecular weight excluding hydrogens is 208 g/mol. The van der Waals surface area contributed by atoms with E-state index in [9.17, 15) is 9.59 Å². The van der Waals surface area contributed by atoms with Crippen molar-refractivity contribution >= 4 is 12.6 Å². The highest BCUT2D eigenvalue weighted by molar-refractivity contribution is 5.78. The predicted octanol–water partition coefficient (Wildman–Crippen LogP) is 2.30. The van der Waals surface area contributed by atoms with Gasteiger partial charge in [0, 0.05) is 0 Å². The summed E-state index contributed by atoms with van der Waals surface area (Å²) in [5, 5.41) is 8.88. The summed E-state index contributed by atoms with van der Waals surface area (Å²) in [5.41, 5.74) is 0.331.